The van der Waals surface area contributed by atoms with Crippen molar-refractivity contribution in [2.24, 2.45) is 5.92 Å². The standard InChI is InChI=1S/C19H21F5N6O3S/c1-4-34(31,32)17-15(16-25-6-5-13(30(16)29-17)27-7-11(2)3)12-8-28-14(9-26-12)33-10-18(20,21)19(22,23)24/h5-6,8-9,11,27H,4,7,10H2,1-3H3. The van der Waals surface area contributed by atoms with Crippen molar-refractivity contribution < 1.29 is 35.1 Å². The maximum absolute atomic E-state index is 13.1. The average molecular weight is 508 g/mol. The third kappa shape index (κ3) is 5.18. The number of sulfone groups is 1. The van der Waals surface area contributed by atoms with Crippen molar-refractivity contribution in [3.8, 4) is 17.1 Å². The van der Waals surface area contributed by atoms with Gasteiger partial charge in [-0.2, -0.15) is 31.6 Å². The largest absolute Gasteiger partial charge is 0.470 e. The Balaban J connectivity index is 2.03. The molecule has 0 atom stereocenters. The Kier molecular flexibility index (Phi) is 6.96. The molecule has 34 heavy (non-hydrogen) atoms. The number of fused-ring (bicyclic) bond motifs is 1. The van der Waals surface area contributed by atoms with Crippen LogP contribution < -0.4 is 10.1 Å². The minimum absolute atomic E-state index is 0.00900. The molecule has 3 aromatic rings. The van der Waals surface area contributed by atoms with Gasteiger partial charge in [-0.05, 0) is 12.0 Å². The van der Waals surface area contributed by atoms with Gasteiger partial charge in [0.05, 0.1) is 29.4 Å². The lowest BCUT2D eigenvalue weighted by Crippen LogP contribution is -2.41. The highest BCUT2D eigenvalue weighted by Gasteiger charge is 2.58. The van der Waals surface area contributed by atoms with Gasteiger partial charge in [0.15, 0.2) is 27.1 Å². The zero-order valence-corrected chi connectivity index (χ0v) is 19.1. The predicted molar refractivity (Wildman–Crippen MR) is 112 cm³/mol. The third-order valence-corrected chi connectivity index (χ3v) is 6.19. The van der Waals surface area contributed by atoms with E-state index in [-0.39, 0.29) is 33.6 Å². The van der Waals surface area contributed by atoms with Crippen LogP contribution in [0.25, 0.3) is 16.9 Å². The van der Waals surface area contributed by atoms with E-state index in [9.17, 15) is 30.4 Å². The number of alkyl halides is 5. The molecule has 15 heteroatoms. The molecule has 186 valence electrons. The Labute approximate surface area is 191 Å². The van der Waals surface area contributed by atoms with Crippen LogP contribution in [-0.4, -0.2) is 64.0 Å². The fourth-order valence-electron chi connectivity index (χ4n) is 2.71. The molecular weight excluding hydrogens is 487 g/mol. The minimum Gasteiger partial charge on any atom is -0.470 e. The summed E-state index contributed by atoms with van der Waals surface area (Å²) < 4.78 is 94.3. The van der Waals surface area contributed by atoms with E-state index in [1.165, 1.54) is 17.6 Å². The molecule has 3 rings (SSSR count). The van der Waals surface area contributed by atoms with Crippen LogP contribution in [0.4, 0.5) is 27.8 Å². The van der Waals surface area contributed by atoms with Crippen molar-refractivity contribution in [1.82, 2.24) is 24.6 Å². The molecule has 3 aromatic heterocycles. The molecule has 9 nitrogen and oxygen atoms in total. The predicted octanol–water partition coefficient (Wildman–Crippen LogP) is 3.62. The van der Waals surface area contributed by atoms with Crippen LogP contribution in [0.2, 0.25) is 0 Å². The van der Waals surface area contributed by atoms with E-state index in [1.54, 1.807) is 6.07 Å². The highest BCUT2D eigenvalue weighted by molar-refractivity contribution is 7.91. The molecule has 0 radical (unpaired) electrons. The second kappa shape index (κ2) is 9.27. The molecule has 0 bridgehead atoms. The number of halogens is 5. The Hall–Kier alpha value is -3.10. The van der Waals surface area contributed by atoms with Gasteiger partial charge in [-0.3, -0.25) is 0 Å². The van der Waals surface area contributed by atoms with Crippen LogP contribution in [0, 0.1) is 5.92 Å². The molecule has 0 amide bonds. The van der Waals surface area contributed by atoms with Gasteiger partial charge in [0.25, 0.3) is 0 Å². The molecule has 0 spiro atoms. The van der Waals surface area contributed by atoms with E-state index in [2.05, 4.69) is 30.1 Å². The summed E-state index contributed by atoms with van der Waals surface area (Å²) in [5.74, 6) is -5.21. The summed E-state index contributed by atoms with van der Waals surface area (Å²) in [5.41, 5.74) is 0.104. The maximum atomic E-state index is 13.1. The topological polar surface area (TPSA) is 111 Å². The van der Waals surface area contributed by atoms with Gasteiger partial charge in [0.2, 0.25) is 5.88 Å². The van der Waals surface area contributed by atoms with Crippen LogP contribution in [0.5, 0.6) is 5.88 Å². The maximum Gasteiger partial charge on any atom is 0.456 e. The van der Waals surface area contributed by atoms with Gasteiger partial charge < -0.3 is 10.1 Å². The Morgan fingerprint density at radius 3 is 2.38 bits per heavy atom. The normalized spacial score (nSPS) is 13.0. The fourth-order valence-corrected chi connectivity index (χ4v) is 3.70. The van der Waals surface area contributed by atoms with Gasteiger partial charge >= 0.3 is 12.1 Å². The summed E-state index contributed by atoms with van der Waals surface area (Å²) in [4.78, 5) is 11.9. The van der Waals surface area contributed by atoms with Crippen LogP contribution in [-0.2, 0) is 9.84 Å². The first-order chi connectivity index (χ1) is 15.8. The lowest BCUT2D eigenvalue weighted by atomic mass is 10.2. The summed E-state index contributed by atoms with van der Waals surface area (Å²) >= 11 is 0. The number of ether oxygens (including phenoxy) is 1. The number of hydrogen-bond donors (Lipinski definition) is 1. The first kappa shape index (κ1) is 25.5. The Morgan fingerprint density at radius 1 is 1.12 bits per heavy atom. The number of nitrogens with zero attached hydrogens (tertiary/aromatic N) is 5. The van der Waals surface area contributed by atoms with Crippen molar-refractivity contribution in [1.29, 1.82) is 0 Å². The molecule has 0 fully saturated rings. The second-order valence-electron chi connectivity index (χ2n) is 7.65. The molecule has 0 aliphatic heterocycles. The zero-order chi connectivity index (χ0) is 25.3. The SMILES string of the molecule is CCS(=O)(=O)c1nn2c(NCC(C)C)ccnc2c1-c1cnc(OCC(F)(F)C(F)(F)F)cn1. The van der Waals surface area contributed by atoms with Crippen LogP contribution >= 0.6 is 0 Å². The van der Waals surface area contributed by atoms with Crippen LogP contribution in [0.15, 0.2) is 29.7 Å². The van der Waals surface area contributed by atoms with Crippen molar-refractivity contribution in [2.45, 2.75) is 37.9 Å². The molecule has 0 aromatic carbocycles. The molecule has 0 aliphatic rings. The van der Waals surface area contributed by atoms with Crippen LogP contribution in [0.1, 0.15) is 20.8 Å². The van der Waals surface area contributed by atoms with E-state index in [0.29, 0.717) is 12.4 Å². The molecule has 0 saturated carbocycles. The van der Waals surface area contributed by atoms with E-state index in [1.807, 2.05) is 13.8 Å². The van der Waals surface area contributed by atoms with Crippen molar-refractivity contribution in [2.75, 3.05) is 24.2 Å². The van der Waals surface area contributed by atoms with Gasteiger partial charge in [0.1, 0.15) is 5.82 Å². The van der Waals surface area contributed by atoms with E-state index in [0.717, 1.165) is 12.4 Å². The monoisotopic (exact) mass is 508 g/mol. The molecular formula is C19H21F5N6O3S. The summed E-state index contributed by atoms with van der Waals surface area (Å²) in [7, 11) is -3.87. The Morgan fingerprint density at radius 2 is 1.82 bits per heavy atom. The van der Waals surface area contributed by atoms with Gasteiger partial charge in [-0.1, -0.05) is 20.8 Å². The fraction of sp³-hybridized carbons (Fsp3) is 0.474. The third-order valence-electron chi connectivity index (χ3n) is 4.55. The molecule has 0 saturated heterocycles. The number of hydrogen-bond acceptors (Lipinski definition) is 8. The first-order valence-corrected chi connectivity index (χ1v) is 11.7. The van der Waals surface area contributed by atoms with Gasteiger partial charge in [-0.25, -0.2) is 23.4 Å². The lowest BCUT2D eigenvalue weighted by Gasteiger charge is -2.19. The smallest absolute Gasteiger partial charge is 0.456 e. The number of aromatic nitrogens is 5. The quantitative estimate of drug-likeness (QED) is 0.437. The van der Waals surface area contributed by atoms with Gasteiger partial charge in [0, 0.05) is 12.7 Å². The lowest BCUT2D eigenvalue weighted by molar-refractivity contribution is -0.290. The summed E-state index contributed by atoms with van der Waals surface area (Å²) in [6, 6.07) is 1.61. The van der Waals surface area contributed by atoms with Gasteiger partial charge in [-0.15, -0.1) is 0 Å². The van der Waals surface area contributed by atoms with Crippen LogP contribution in [0.3, 0.4) is 0 Å². The van der Waals surface area contributed by atoms with E-state index >= 15 is 0 Å². The second-order valence-corrected chi connectivity index (χ2v) is 9.85. The number of rotatable bonds is 9. The molecule has 3 heterocycles. The summed E-state index contributed by atoms with van der Waals surface area (Å²) in [5, 5.41) is 7.03. The number of nitrogens with one attached hydrogen (secondary N) is 1. The highest BCUT2D eigenvalue weighted by Crippen LogP contribution is 2.36. The molecule has 0 unspecified atom stereocenters. The van der Waals surface area contributed by atoms with Crippen molar-refractivity contribution >= 4 is 21.3 Å². The molecule has 1 N–H and O–H groups in total. The minimum atomic E-state index is -5.78. The molecule has 0 aliphatic carbocycles. The van der Waals surface area contributed by atoms with E-state index in [4.69, 9.17) is 0 Å². The van der Waals surface area contributed by atoms with Crippen molar-refractivity contribution in [3.63, 3.8) is 0 Å². The Bertz CT molecular complexity index is 1260. The summed E-state index contributed by atoms with van der Waals surface area (Å²) in [6.45, 7) is 3.98. The first-order valence-electron chi connectivity index (χ1n) is 10.0. The highest BCUT2D eigenvalue weighted by atomic mass is 32.2. The average Bonchev–Trinajstić information content (AvgIpc) is 3.17. The summed E-state index contributed by atoms with van der Waals surface area (Å²) in [6.07, 6.45) is -2.54. The van der Waals surface area contributed by atoms with E-state index < -0.39 is 34.4 Å². The number of anilines is 1. The zero-order valence-electron chi connectivity index (χ0n) is 18.3. The van der Waals surface area contributed by atoms with Crippen molar-refractivity contribution in [3.05, 3.63) is 24.7 Å².